The Labute approximate surface area is 76.9 Å². The molecule has 0 radical (unpaired) electrons. The van der Waals surface area contributed by atoms with Gasteiger partial charge in [-0.15, -0.1) is 0 Å². The van der Waals surface area contributed by atoms with Crippen molar-refractivity contribution in [3.63, 3.8) is 0 Å². The molecule has 1 aliphatic heterocycles. The normalized spacial score (nSPS) is 32.0. The van der Waals surface area contributed by atoms with Crippen LogP contribution in [-0.4, -0.2) is 13.1 Å². The first-order valence-corrected chi connectivity index (χ1v) is 5.42. The van der Waals surface area contributed by atoms with Crippen molar-refractivity contribution in [3.05, 3.63) is 0 Å². The van der Waals surface area contributed by atoms with Crippen LogP contribution in [0.15, 0.2) is 0 Å². The maximum Gasteiger partial charge on any atom is -0.00435 e. The minimum atomic E-state index is 0.642. The van der Waals surface area contributed by atoms with Crippen molar-refractivity contribution in [2.24, 2.45) is 11.3 Å². The van der Waals surface area contributed by atoms with Crippen molar-refractivity contribution in [1.82, 2.24) is 5.32 Å². The van der Waals surface area contributed by atoms with Crippen LogP contribution in [0.25, 0.3) is 0 Å². The van der Waals surface area contributed by atoms with Gasteiger partial charge in [0.15, 0.2) is 0 Å². The third-order valence-electron chi connectivity index (χ3n) is 3.76. The zero-order valence-corrected chi connectivity index (χ0v) is 8.82. The van der Waals surface area contributed by atoms with Crippen molar-refractivity contribution >= 4 is 0 Å². The average molecular weight is 169 g/mol. The molecule has 0 spiro atoms. The summed E-state index contributed by atoms with van der Waals surface area (Å²) in [6, 6.07) is 0. The van der Waals surface area contributed by atoms with Crippen molar-refractivity contribution in [1.29, 1.82) is 0 Å². The topological polar surface area (TPSA) is 12.0 Å². The molecule has 1 nitrogen and oxygen atoms in total. The maximum atomic E-state index is 3.49. The van der Waals surface area contributed by atoms with Gasteiger partial charge in [0.05, 0.1) is 0 Å². The van der Waals surface area contributed by atoms with Crippen LogP contribution in [-0.2, 0) is 0 Å². The molecule has 1 atom stereocenters. The maximum absolute atomic E-state index is 3.49. The molecule has 1 heterocycles. The van der Waals surface area contributed by atoms with E-state index in [1.165, 1.54) is 38.8 Å². The Balaban J connectivity index is 2.61. The van der Waals surface area contributed by atoms with E-state index < -0.39 is 0 Å². The molecule has 1 aliphatic rings. The second-order valence-electron chi connectivity index (χ2n) is 4.47. The third-order valence-corrected chi connectivity index (χ3v) is 3.76. The molecule has 0 bridgehead atoms. The molecule has 1 N–H and O–H groups in total. The fourth-order valence-corrected chi connectivity index (χ4v) is 2.49. The van der Waals surface area contributed by atoms with Crippen LogP contribution in [0.2, 0.25) is 0 Å². The Bertz CT molecular complexity index is 121. The second kappa shape index (κ2) is 4.27. The molecule has 0 amide bonds. The van der Waals surface area contributed by atoms with E-state index in [9.17, 15) is 0 Å². The van der Waals surface area contributed by atoms with Gasteiger partial charge >= 0.3 is 0 Å². The Kier molecular flexibility index (Phi) is 3.57. The number of hydrogen-bond acceptors (Lipinski definition) is 1. The van der Waals surface area contributed by atoms with E-state index in [1.807, 2.05) is 0 Å². The number of hydrogen-bond donors (Lipinski definition) is 1. The van der Waals surface area contributed by atoms with E-state index in [4.69, 9.17) is 0 Å². The molecular formula is C11H23N. The standard InChI is InChI=1S/C11H23N/c1-4-11(10(2)3)6-5-8-12-9-7-11/h10,12H,4-9H2,1-3H3. The SMILES string of the molecule is CCC1(C(C)C)CCCNCC1. The summed E-state index contributed by atoms with van der Waals surface area (Å²) >= 11 is 0. The predicted octanol–water partition coefficient (Wildman–Crippen LogP) is 2.81. The molecule has 0 saturated carbocycles. The lowest BCUT2D eigenvalue weighted by Gasteiger charge is -2.35. The molecule has 1 rings (SSSR count). The van der Waals surface area contributed by atoms with Gasteiger partial charge in [-0.05, 0) is 43.7 Å². The minimum Gasteiger partial charge on any atom is -0.317 e. The van der Waals surface area contributed by atoms with Gasteiger partial charge in [-0.2, -0.15) is 0 Å². The molecule has 0 aliphatic carbocycles. The van der Waals surface area contributed by atoms with Gasteiger partial charge in [-0.1, -0.05) is 27.2 Å². The van der Waals surface area contributed by atoms with E-state index in [1.54, 1.807) is 0 Å². The zero-order valence-electron chi connectivity index (χ0n) is 8.82. The van der Waals surface area contributed by atoms with E-state index in [2.05, 4.69) is 26.1 Å². The fourth-order valence-electron chi connectivity index (χ4n) is 2.49. The van der Waals surface area contributed by atoms with Gasteiger partial charge in [0.2, 0.25) is 0 Å². The Hall–Kier alpha value is -0.0400. The van der Waals surface area contributed by atoms with E-state index in [0.717, 1.165) is 5.92 Å². The molecule has 0 aromatic heterocycles. The van der Waals surface area contributed by atoms with E-state index in [-0.39, 0.29) is 0 Å². The van der Waals surface area contributed by atoms with Crippen LogP contribution < -0.4 is 5.32 Å². The predicted molar refractivity (Wildman–Crippen MR) is 54.3 cm³/mol. The highest BCUT2D eigenvalue weighted by Gasteiger charge is 2.31. The molecule has 0 aromatic carbocycles. The average Bonchev–Trinajstić information content (AvgIpc) is 2.29. The Morgan fingerprint density at radius 1 is 1.25 bits per heavy atom. The van der Waals surface area contributed by atoms with Crippen LogP contribution >= 0.6 is 0 Å². The zero-order chi connectivity index (χ0) is 9.03. The lowest BCUT2D eigenvalue weighted by atomic mass is 9.70. The van der Waals surface area contributed by atoms with Crippen LogP contribution in [0, 0.1) is 11.3 Å². The summed E-state index contributed by atoms with van der Waals surface area (Å²) in [6.07, 6.45) is 5.52. The molecule has 72 valence electrons. The minimum absolute atomic E-state index is 0.642. The highest BCUT2D eigenvalue weighted by molar-refractivity contribution is 4.84. The summed E-state index contributed by atoms with van der Waals surface area (Å²) in [7, 11) is 0. The molecule has 1 fully saturated rings. The van der Waals surface area contributed by atoms with Crippen LogP contribution in [0.5, 0.6) is 0 Å². The number of nitrogens with one attached hydrogen (secondary N) is 1. The molecule has 0 aromatic rings. The summed E-state index contributed by atoms with van der Waals surface area (Å²) in [5, 5.41) is 3.49. The molecule has 1 unspecified atom stereocenters. The second-order valence-corrected chi connectivity index (χ2v) is 4.47. The van der Waals surface area contributed by atoms with Gasteiger partial charge in [0, 0.05) is 0 Å². The first-order valence-electron chi connectivity index (χ1n) is 5.42. The smallest absolute Gasteiger partial charge is 0.00435 e. The van der Waals surface area contributed by atoms with Gasteiger partial charge in [0.25, 0.3) is 0 Å². The van der Waals surface area contributed by atoms with Crippen LogP contribution in [0.1, 0.15) is 46.5 Å². The summed E-state index contributed by atoms with van der Waals surface area (Å²) in [4.78, 5) is 0. The highest BCUT2D eigenvalue weighted by Crippen LogP contribution is 2.40. The Morgan fingerprint density at radius 2 is 2.00 bits per heavy atom. The van der Waals surface area contributed by atoms with Crippen molar-refractivity contribution in [2.75, 3.05) is 13.1 Å². The van der Waals surface area contributed by atoms with Crippen molar-refractivity contribution in [3.8, 4) is 0 Å². The van der Waals surface area contributed by atoms with Crippen LogP contribution in [0.3, 0.4) is 0 Å². The van der Waals surface area contributed by atoms with E-state index >= 15 is 0 Å². The largest absolute Gasteiger partial charge is 0.317 e. The first kappa shape index (κ1) is 10.0. The molecular weight excluding hydrogens is 146 g/mol. The number of rotatable bonds is 2. The molecule has 1 heteroatoms. The van der Waals surface area contributed by atoms with Gasteiger partial charge in [-0.25, -0.2) is 0 Å². The van der Waals surface area contributed by atoms with Crippen molar-refractivity contribution in [2.45, 2.75) is 46.5 Å². The molecule has 12 heavy (non-hydrogen) atoms. The quantitative estimate of drug-likeness (QED) is 0.670. The monoisotopic (exact) mass is 169 g/mol. The summed E-state index contributed by atoms with van der Waals surface area (Å²) in [6.45, 7) is 9.58. The highest BCUT2D eigenvalue weighted by atomic mass is 14.9. The van der Waals surface area contributed by atoms with Gasteiger partial charge < -0.3 is 5.32 Å². The van der Waals surface area contributed by atoms with Crippen molar-refractivity contribution < 1.29 is 0 Å². The van der Waals surface area contributed by atoms with Crippen LogP contribution in [0.4, 0.5) is 0 Å². The third kappa shape index (κ3) is 2.01. The summed E-state index contributed by atoms with van der Waals surface area (Å²) < 4.78 is 0. The summed E-state index contributed by atoms with van der Waals surface area (Å²) in [5.74, 6) is 0.849. The lowest BCUT2D eigenvalue weighted by molar-refractivity contribution is 0.155. The van der Waals surface area contributed by atoms with Gasteiger partial charge in [-0.3, -0.25) is 0 Å². The van der Waals surface area contributed by atoms with E-state index in [0.29, 0.717) is 5.41 Å². The molecule has 1 saturated heterocycles. The van der Waals surface area contributed by atoms with Gasteiger partial charge in [0.1, 0.15) is 0 Å². The first-order chi connectivity index (χ1) is 5.71. The lowest BCUT2D eigenvalue weighted by Crippen LogP contribution is -2.27. The Morgan fingerprint density at radius 3 is 2.58 bits per heavy atom. The summed E-state index contributed by atoms with van der Waals surface area (Å²) in [5.41, 5.74) is 0.642. The fraction of sp³-hybridized carbons (Fsp3) is 1.00.